The minimum absolute atomic E-state index is 0.199. The molecule has 20 heavy (non-hydrogen) atoms. The number of aromatic nitrogens is 3. The van der Waals surface area contributed by atoms with E-state index in [9.17, 15) is 4.79 Å². The van der Waals surface area contributed by atoms with Crippen LogP contribution in [0.3, 0.4) is 0 Å². The summed E-state index contributed by atoms with van der Waals surface area (Å²) >= 11 is 0. The Morgan fingerprint density at radius 2 is 2.10 bits per heavy atom. The summed E-state index contributed by atoms with van der Waals surface area (Å²) in [4.78, 5) is 13.4. The van der Waals surface area contributed by atoms with Crippen LogP contribution in [0.4, 0.5) is 4.79 Å². The Labute approximate surface area is 119 Å². The van der Waals surface area contributed by atoms with E-state index in [2.05, 4.69) is 15.5 Å². The molecule has 7 heteroatoms. The molecule has 1 amide bonds. The number of nitrogens with zero attached hydrogens (tertiary/aromatic N) is 4. The van der Waals surface area contributed by atoms with Gasteiger partial charge in [0.25, 0.3) is 0 Å². The van der Waals surface area contributed by atoms with Gasteiger partial charge >= 0.3 is 6.09 Å². The topological polar surface area (TPSA) is 72.3 Å². The van der Waals surface area contributed by atoms with Crippen LogP contribution < -0.4 is 5.32 Å². The van der Waals surface area contributed by atoms with Gasteiger partial charge < -0.3 is 19.5 Å². The van der Waals surface area contributed by atoms with Gasteiger partial charge in [-0.3, -0.25) is 0 Å². The van der Waals surface area contributed by atoms with Crippen LogP contribution in [0.25, 0.3) is 0 Å². The molecule has 7 nitrogen and oxygen atoms in total. The highest BCUT2D eigenvalue weighted by molar-refractivity contribution is 5.67. The summed E-state index contributed by atoms with van der Waals surface area (Å²) in [6.45, 7) is 6.40. The number of ether oxygens (including phenoxy) is 1. The summed E-state index contributed by atoms with van der Waals surface area (Å²) in [5.74, 6) is 1.86. The van der Waals surface area contributed by atoms with Crippen molar-refractivity contribution in [2.75, 3.05) is 19.7 Å². The monoisotopic (exact) mass is 281 g/mol. The summed E-state index contributed by atoms with van der Waals surface area (Å²) in [7, 11) is 1.97. The minimum Gasteiger partial charge on any atom is -0.450 e. The zero-order valence-corrected chi connectivity index (χ0v) is 12.4. The van der Waals surface area contributed by atoms with E-state index in [1.807, 2.05) is 25.5 Å². The second-order valence-corrected chi connectivity index (χ2v) is 5.06. The van der Waals surface area contributed by atoms with Crippen molar-refractivity contribution in [1.29, 1.82) is 0 Å². The van der Waals surface area contributed by atoms with E-state index in [0.29, 0.717) is 19.2 Å². The Morgan fingerprint density at radius 3 is 2.65 bits per heavy atom. The largest absolute Gasteiger partial charge is 0.450 e. The van der Waals surface area contributed by atoms with Gasteiger partial charge in [-0.1, -0.05) is 0 Å². The smallest absolute Gasteiger partial charge is 0.409 e. The maximum atomic E-state index is 11.6. The van der Waals surface area contributed by atoms with Gasteiger partial charge in [-0.15, -0.1) is 10.2 Å². The molecule has 1 fully saturated rings. The molecular weight excluding hydrogens is 258 g/mol. The van der Waals surface area contributed by atoms with E-state index in [1.54, 1.807) is 4.90 Å². The first-order valence-electron chi connectivity index (χ1n) is 7.11. The number of carbonyl (C=O) groups excluding carboxylic acids is 1. The van der Waals surface area contributed by atoms with E-state index < -0.39 is 0 Å². The third-order valence-corrected chi connectivity index (χ3v) is 3.75. The van der Waals surface area contributed by atoms with Crippen LogP contribution in [0.5, 0.6) is 0 Å². The quantitative estimate of drug-likeness (QED) is 0.885. The van der Waals surface area contributed by atoms with Gasteiger partial charge in [-0.05, 0) is 26.7 Å². The highest BCUT2D eigenvalue weighted by Gasteiger charge is 2.23. The summed E-state index contributed by atoms with van der Waals surface area (Å²) in [5.41, 5.74) is 0. The van der Waals surface area contributed by atoms with Crippen molar-refractivity contribution < 1.29 is 9.53 Å². The van der Waals surface area contributed by atoms with Gasteiger partial charge in [-0.25, -0.2) is 4.79 Å². The molecule has 0 aromatic carbocycles. The Morgan fingerprint density at radius 1 is 1.40 bits per heavy atom. The van der Waals surface area contributed by atoms with Gasteiger partial charge in [-0.2, -0.15) is 0 Å². The molecule has 0 saturated carbocycles. The SMILES string of the molecule is CCOC(=O)N1CCC(NCc2nnc(C)n2C)CC1. The fourth-order valence-electron chi connectivity index (χ4n) is 2.32. The third kappa shape index (κ3) is 3.47. The average molecular weight is 281 g/mol. The van der Waals surface area contributed by atoms with Crippen molar-refractivity contribution in [3.8, 4) is 0 Å². The van der Waals surface area contributed by atoms with Gasteiger partial charge in [0.2, 0.25) is 0 Å². The highest BCUT2D eigenvalue weighted by atomic mass is 16.6. The molecule has 0 radical (unpaired) electrons. The number of aryl methyl sites for hydroxylation is 1. The van der Waals surface area contributed by atoms with Crippen LogP contribution in [0.2, 0.25) is 0 Å². The Kier molecular flexibility index (Phi) is 4.94. The van der Waals surface area contributed by atoms with Crippen molar-refractivity contribution in [2.24, 2.45) is 7.05 Å². The highest BCUT2D eigenvalue weighted by Crippen LogP contribution is 2.12. The first kappa shape index (κ1) is 14.8. The molecule has 1 aliphatic heterocycles. The zero-order chi connectivity index (χ0) is 14.5. The van der Waals surface area contributed by atoms with E-state index in [1.165, 1.54) is 0 Å². The summed E-state index contributed by atoms with van der Waals surface area (Å²) < 4.78 is 7.00. The third-order valence-electron chi connectivity index (χ3n) is 3.75. The van der Waals surface area contributed by atoms with E-state index >= 15 is 0 Å². The normalized spacial score (nSPS) is 16.4. The maximum absolute atomic E-state index is 11.6. The Bertz CT molecular complexity index is 452. The van der Waals surface area contributed by atoms with Crippen molar-refractivity contribution in [3.05, 3.63) is 11.6 Å². The lowest BCUT2D eigenvalue weighted by Gasteiger charge is -2.31. The van der Waals surface area contributed by atoms with Crippen LogP contribution in [0.1, 0.15) is 31.4 Å². The molecule has 2 rings (SSSR count). The lowest BCUT2D eigenvalue weighted by Crippen LogP contribution is -2.45. The molecule has 0 aliphatic carbocycles. The van der Waals surface area contributed by atoms with Gasteiger partial charge in [0.05, 0.1) is 13.2 Å². The van der Waals surface area contributed by atoms with Crippen LogP contribution in [-0.4, -0.2) is 51.5 Å². The maximum Gasteiger partial charge on any atom is 0.409 e. The molecule has 1 aliphatic rings. The predicted octanol–water partition coefficient (Wildman–Crippen LogP) is 0.834. The van der Waals surface area contributed by atoms with Gasteiger partial charge in [0.1, 0.15) is 11.6 Å². The number of rotatable bonds is 4. The fraction of sp³-hybridized carbons (Fsp3) is 0.769. The van der Waals surface area contributed by atoms with Crippen molar-refractivity contribution in [2.45, 2.75) is 39.3 Å². The summed E-state index contributed by atoms with van der Waals surface area (Å²) in [6.07, 6.45) is 1.68. The van der Waals surface area contributed by atoms with Crippen molar-refractivity contribution in [1.82, 2.24) is 25.0 Å². The molecule has 0 spiro atoms. The first-order chi connectivity index (χ1) is 9.61. The van der Waals surface area contributed by atoms with E-state index in [0.717, 1.165) is 37.6 Å². The Balaban J connectivity index is 1.75. The average Bonchev–Trinajstić information content (AvgIpc) is 2.77. The number of hydrogen-bond donors (Lipinski definition) is 1. The predicted molar refractivity (Wildman–Crippen MR) is 74.2 cm³/mol. The van der Waals surface area contributed by atoms with Crippen LogP contribution in [0, 0.1) is 6.92 Å². The standard InChI is InChI=1S/C13H23N5O2/c1-4-20-13(19)18-7-5-11(6-8-18)14-9-12-16-15-10(2)17(12)3/h11,14H,4-9H2,1-3H3. The van der Waals surface area contributed by atoms with Crippen LogP contribution in [-0.2, 0) is 18.3 Å². The fourth-order valence-corrected chi connectivity index (χ4v) is 2.32. The number of carbonyl (C=O) groups is 1. The lowest BCUT2D eigenvalue weighted by atomic mass is 10.1. The number of hydrogen-bond acceptors (Lipinski definition) is 5. The molecule has 0 atom stereocenters. The van der Waals surface area contributed by atoms with Crippen molar-refractivity contribution >= 4 is 6.09 Å². The van der Waals surface area contributed by atoms with Crippen LogP contribution >= 0.6 is 0 Å². The second-order valence-electron chi connectivity index (χ2n) is 5.06. The van der Waals surface area contributed by atoms with Crippen LogP contribution in [0.15, 0.2) is 0 Å². The zero-order valence-electron chi connectivity index (χ0n) is 12.4. The molecule has 0 bridgehead atoms. The first-order valence-corrected chi connectivity index (χ1v) is 7.11. The lowest BCUT2D eigenvalue weighted by molar-refractivity contribution is 0.0949. The van der Waals surface area contributed by atoms with Gasteiger partial charge in [0, 0.05) is 26.2 Å². The molecular formula is C13H23N5O2. The Hall–Kier alpha value is -1.63. The molecule has 2 heterocycles. The minimum atomic E-state index is -0.199. The molecule has 1 aromatic rings. The second kappa shape index (κ2) is 6.69. The summed E-state index contributed by atoms with van der Waals surface area (Å²) in [6, 6.07) is 0.415. The molecule has 1 N–H and O–H groups in total. The van der Waals surface area contributed by atoms with Crippen molar-refractivity contribution in [3.63, 3.8) is 0 Å². The number of piperidine rings is 1. The number of nitrogens with one attached hydrogen (secondary N) is 1. The molecule has 112 valence electrons. The van der Waals surface area contributed by atoms with Gasteiger partial charge in [0.15, 0.2) is 0 Å². The summed E-state index contributed by atoms with van der Waals surface area (Å²) in [5, 5.41) is 11.7. The molecule has 1 aromatic heterocycles. The number of amides is 1. The molecule has 0 unspecified atom stereocenters. The van der Waals surface area contributed by atoms with E-state index in [4.69, 9.17) is 4.74 Å². The number of likely N-dealkylation sites (tertiary alicyclic amines) is 1. The van der Waals surface area contributed by atoms with E-state index in [-0.39, 0.29) is 6.09 Å². The molecule has 1 saturated heterocycles.